The molecule has 0 unspecified atom stereocenters. The Hall–Kier alpha value is -2.93. The SMILES string of the molecule is Clc1cc2c(cc1Cl)-c1nc-2nc2[n-]c(nc3nc(nc4[n-]c(n1)c1cc(Cl)c(Cl)cc41)-c1cc(Cl)c(Cl)cc1-3)c1cc(Cl)c(Cl)cc21.[O]=[Ti+2]. The monoisotopic (exact) mass is 848 g/mol. The Morgan fingerprint density at radius 1 is 0.340 bits per heavy atom. The molecule has 242 valence electrons. The average molecular weight is 852 g/mol. The first-order valence-electron chi connectivity index (χ1n) is 13.9. The van der Waals surface area contributed by atoms with Crippen LogP contribution in [-0.2, 0) is 23.7 Å². The van der Waals surface area contributed by atoms with E-state index in [1.165, 1.54) is 0 Å². The van der Waals surface area contributed by atoms with Crippen molar-refractivity contribution < 1.29 is 23.7 Å². The van der Waals surface area contributed by atoms with Gasteiger partial charge in [0.15, 0.2) is 0 Å². The summed E-state index contributed by atoms with van der Waals surface area (Å²) >= 11 is 52.5. The van der Waals surface area contributed by atoms with Crippen molar-refractivity contribution in [2.45, 2.75) is 0 Å². The fourth-order valence-electron chi connectivity index (χ4n) is 5.63. The van der Waals surface area contributed by atoms with Gasteiger partial charge in [-0.25, -0.2) is 9.97 Å². The number of nitrogens with zero attached hydrogens (tertiary/aromatic N) is 8. The van der Waals surface area contributed by atoms with Crippen LogP contribution in [0.2, 0.25) is 40.2 Å². The van der Waals surface area contributed by atoms with Gasteiger partial charge in [-0.3, -0.25) is 0 Å². The maximum atomic E-state index is 8.25. The minimum absolute atomic E-state index is 0.272. The zero-order chi connectivity index (χ0) is 35.2. The van der Waals surface area contributed by atoms with Crippen LogP contribution in [0.5, 0.6) is 0 Å². The van der Waals surface area contributed by atoms with Gasteiger partial charge in [-0.1, -0.05) is 92.8 Å². The van der Waals surface area contributed by atoms with E-state index >= 15 is 0 Å². The van der Waals surface area contributed by atoms with E-state index in [0.29, 0.717) is 84.0 Å². The molecule has 3 aromatic heterocycles. The summed E-state index contributed by atoms with van der Waals surface area (Å²) in [4.78, 5) is 38.6. The molecule has 0 atom stereocenters. The average Bonchev–Trinajstić information content (AvgIpc) is 3.78. The molecule has 0 fully saturated rings. The van der Waals surface area contributed by atoms with Gasteiger partial charge in [0.05, 0.1) is 63.5 Å². The van der Waals surface area contributed by atoms with Gasteiger partial charge in [0.25, 0.3) is 0 Å². The predicted molar refractivity (Wildman–Crippen MR) is 195 cm³/mol. The summed E-state index contributed by atoms with van der Waals surface area (Å²) in [7, 11) is 0. The molecule has 7 aromatic rings. The van der Waals surface area contributed by atoms with Crippen LogP contribution in [0.4, 0.5) is 0 Å². The van der Waals surface area contributed by atoms with Crippen LogP contribution in [0.3, 0.4) is 0 Å². The summed E-state index contributed by atoms with van der Waals surface area (Å²) in [6, 6.07) is 13.4. The number of benzene rings is 4. The van der Waals surface area contributed by atoms with Crippen molar-refractivity contribution in [1.82, 2.24) is 39.9 Å². The molecule has 50 heavy (non-hydrogen) atoms. The molecule has 0 saturated carbocycles. The van der Waals surface area contributed by atoms with E-state index in [4.69, 9.17) is 136 Å². The van der Waals surface area contributed by atoms with E-state index in [1.807, 2.05) is 0 Å². The second kappa shape index (κ2) is 12.9. The Kier molecular flexibility index (Phi) is 8.84. The fraction of sp³-hybridized carbons (Fsp3) is 0. The zero-order valence-electron chi connectivity index (χ0n) is 24.1. The van der Waals surface area contributed by atoms with Crippen molar-refractivity contribution in [3.63, 3.8) is 0 Å². The number of fused-ring (bicyclic) bond motifs is 20. The Labute approximate surface area is 332 Å². The first-order chi connectivity index (χ1) is 24.0. The molecular formula is C32H8Cl8N8OTi. The van der Waals surface area contributed by atoms with Crippen molar-refractivity contribution in [2.75, 3.05) is 0 Å². The molecule has 0 radical (unpaired) electrons. The molecule has 18 heteroatoms. The van der Waals surface area contributed by atoms with Gasteiger partial charge in [-0.2, -0.15) is 0 Å². The molecule has 0 saturated heterocycles. The molecule has 9 rings (SSSR count). The molecule has 8 bridgehead atoms. The van der Waals surface area contributed by atoms with Crippen LogP contribution in [0.1, 0.15) is 0 Å². The Morgan fingerprint density at radius 3 is 0.760 bits per heavy atom. The molecule has 2 aliphatic rings. The third-order valence-electron chi connectivity index (χ3n) is 7.86. The van der Waals surface area contributed by atoms with Crippen LogP contribution in [0, 0.1) is 0 Å². The van der Waals surface area contributed by atoms with Gasteiger partial charge in [-0.15, -0.1) is 0 Å². The number of rotatable bonds is 0. The summed E-state index contributed by atoms with van der Waals surface area (Å²) in [5.41, 5.74) is 3.38. The molecule has 0 N–H and O–H groups in total. The van der Waals surface area contributed by atoms with Crippen LogP contribution in [0.25, 0.3) is 89.7 Å². The van der Waals surface area contributed by atoms with Gasteiger partial charge in [0, 0.05) is 44.8 Å². The molecule has 0 aliphatic carbocycles. The third-order valence-corrected chi connectivity index (χ3v) is 10.8. The number of hydrogen-bond acceptors (Lipinski definition) is 7. The minimum atomic E-state index is 0.272. The Balaban J connectivity index is 0.00000177. The van der Waals surface area contributed by atoms with Crippen molar-refractivity contribution in [3.05, 3.63) is 88.7 Å². The Morgan fingerprint density at radius 2 is 0.540 bits per heavy atom. The second-order valence-electron chi connectivity index (χ2n) is 10.7. The summed E-state index contributed by atoms with van der Waals surface area (Å²) in [5.74, 6) is 1.09. The molecule has 0 spiro atoms. The van der Waals surface area contributed by atoms with Gasteiger partial charge in [-0.05, 0) is 70.1 Å². The summed E-state index contributed by atoms with van der Waals surface area (Å²) < 4.78 is 8.25. The summed E-state index contributed by atoms with van der Waals surface area (Å²) in [6.45, 7) is 0. The molecule has 5 heterocycles. The van der Waals surface area contributed by atoms with Crippen LogP contribution in [-0.4, -0.2) is 29.9 Å². The van der Waals surface area contributed by atoms with Crippen LogP contribution >= 0.6 is 92.8 Å². The van der Waals surface area contributed by atoms with Gasteiger partial charge in [0.2, 0.25) is 0 Å². The maximum absolute atomic E-state index is 8.25. The number of aromatic nitrogens is 8. The normalized spacial score (nSPS) is 11.8. The molecule has 9 nitrogen and oxygen atoms in total. The molecule has 4 aromatic carbocycles. The van der Waals surface area contributed by atoms with E-state index in [0.717, 1.165) is 20.4 Å². The number of hydrogen-bond donors (Lipinski definition) is 0. The van der Waals surface area contributed by atoms with E-state index in [1.54, 1.807) is 48.5 Å². The van der Waals surface area contributed by atoms with E-state index in [9.17, 15) is 0 Å². The van der Waals surface area contributed by atoms with Gasteiger partial charge < -0.3 is 29.9 Å². The quantitative estimate of drug-likeness (QED) is 0.137. The van der Waals surface area contributed by atoms with Crippen LogP contribution < -0.4 is 9.97 Å². The van der Waals surface area contributed by atoms with E-state index < -0.39 is 0 Å². The van der Waals surface area contributed by atoms with E-state index in [-0.39, 0.29) is 45.9 Å². The topological polar surface area (TPSA) is 123 Å². The second-order valence-corrected chi connectivity index (χ2v) is 14.0. The summed E-state index contributed by atoms with van der Waals surface area (Å²) in [6.07, 6.45) is 0. The molecule has 0 amide bonds. The van der Waals surface area contributed by atoms with Crippen molar-refractivity contribution >= 4 is 137 Å². The standard InChI is InChI=1S/C32H8Cl8N8.O.Ti/c33-17-1-9-10(2-18(17)34)26-41-25(9)45-27-11-3-19(35)20(36)4-12(11)29(42-27)47-31-15-7-23(39)24(40)8-16(15)32(44-31)48-30-14-6-22(38)21(37)5-13(14)28(43-30)46-26;;/h1-8H;;/q-2;;+2. The van der Waals surface area contributed by atoms with Crippen LogP contribution in [0.15, 0.2) is 48.5 Å². The summed E-state index contributed by atoms with van der Waals surface area (Å²) in [5, 5.41) is 4.73. The van der Waals surface area contributed by atoms with Gasteiger partial charge in [0.1, 0.15) is 0 Å². The van der Waals surface area contributed by atoms with Crippen molar-refractivity contribution in [2.24, 2.45) is 0 Å². The van der Waals surface area contributed by atoms with Gasteiger partial charge >= 0.3 is 23.7 Å². The fourth-order valence-corrected chi connectivity index (χ4v) is 6.94. The third kappa shape index (κ3) is 5.60. The first-order valence-corrected chi connectivity index (χ1v) is 17.6. The van der Waals surface area contributed by atoms with Crippen molar-refractivity contribution in [3.8, 4) is 45.6 Å². The zero-order valence-corrected chi connectivity index (χ0v) is 31.7. The predicted octanol–water partition coefficient (Wildman–Crippen LogP) is 11.2. The first kappa shape index (κ1) is 34.2. The number of halogens is 8. The van der Waals surface area contributed by atoms with Crippen molar-refractivity contribution in [1.29, 1.82) is 0 Å². The molecule has 2 aliphatic heterocycles. The molecular weight excluding hydrogens is 844 g/mol. The van der Waals surface area contributed by atoms with E-state index in [2.05, 4.69) is 0 Å². The Bertz CT molecular complexity index is 2460.